The monoisotopic (exact) mass is 390 g/mol. The minimum absolute atomic E-state index is 0.0154. The van der Waals surface area contributed by atoms with E-state index >= 15 is 0 Å². The fourth-order valence-electron chi connectivity index (χ4n) is 2.86. The lowest BCUT2D eigenvalue weighted by Gasteiger charge is -2.05. The molecule has 0 aliphatic heterocycles. The molecule has 136 valence electrons. The summed E-state index contributed by atoms with van der Waals surface area (Å²) in [6, 6.07) is 10.4. The number of pyridine rings is 1. The predicted molar refractivity (Wildman–Crippen MR) is 101 cm³/mol. The third kappa shape index (κ3) is 2.65. The summed E-state index contributed by atoms with van der Waals surface area (Å²) in [5, 5.41) is 32.1. The molecule has 5 rings (SSSR count). The van der Waals surface area contributed by atoms with Gasteiger partial charge in [0.05, 0.1) is 32.6 Å². The third-order valence-corrected chi connectivity index (χ3v) is 5.12. The van der Waals surface area contributed by atoms with Crippen molar-refractivity contribution >= 4 is 34.0 Å². The van der Waals surface area contributed by atoms with Crippen molar-refractivity contribution in [2.24, 2.45) is 0 Å². The van der Waals surface area contributed by atoms with Crippen LogP contribution in [0, 0.1) is 10.1 Å². The van der Waals surface area contributed by atoms with Crippen molar-refractivity contribution in [2.45, 2.75) is 10.1 Å². The Morgan fingerprint density at radius 3 is 2.89 bits per heavy atom. The molecule has 0 amide bonds. The highest BCUT2D eigenvalue weighted by molar-refractivity contribution is 7.99. The molecule has 1 N–H and O–H groups in total. The van der Waals surface area contributed by atoms with Crippen LogP contribution < -0.4 is 0 Å². The van der Waals surface area contributed by atoms with Crippen LogP contribution in [-0.4, -0.2) is 39.9 Å². The van der Waals surface area contributed by atoms with Crippen molar-refractivity contribution in [2.75, 3.05) is 0 Å². The molecule has 1 aromatic carbocycles. The van der Waals surface area contributed by atoms with Crippen LogP contribution >= 0.6 is 11.8 Å². The lowest BCUT2D eigenvalue weighted by atomic mass is 10.2. The molecule has 0 unspecified atom stereocenters. The Bertz CT molecular complexity index is 1330. The second-order valence-corrected chi connectivity index (χ2v) is 6.81. The summed E-state index contributed by atoms with van der Waals surface area (Å²) in [4.78, 5) is 16.0. The summed E-state index contributed by atoms with van der Waals surface area (Å²) in [5.41, 5.74) is 2.58. The van der Waals surface area contributed by atoms with Gasteiger partial charge in [-0.25, -0.2) is 0 Å². The first-order chi connectivity index (χ1) is 13.7. The second-order valence-electron chi connectivity index (χ2n) is 5.80. The van der Waals surface area contributed by atoms with Crippen molar-refractivity contribution < 1.29 is 4.92 Å². The van der Waals surface area contributed by atoms with E-state index in [0.29, 0.717) is 32.3 Å². The highest BCUT2D eigenvalue weighted by atomic mass is 32.2. The predicted octanol–water partition coefficient (Wildman–Crippen LogP) is 3.12. The average Bonchev–Trinajstić information content (AvgIpc) is 3.37. The fraction of sp³-hybridized carbons (Fsp3) is 0. The van der Waals surface area contributed by atoms with E-state index < -0.39 is 4.92 Å². The summed E-state index contributed by atoms with van der Waals surface area (Å²) < 4.78 is 1.56. The number of hydrogen-bond donors (Lipinski definition) is 1. The van der Waals surface area contributed by atoms with E-state index in [4.69, 9.17) is 0 Å². The zero-order chi connectivity index (χ0) is 19.1. The zero-order valence-corrected chi connectivity index (χ0v) is 14.9. The number of aromatic amines is 1. The summed E-state index contributed by atoms with van der Waals surface area (Å²) in [6.07, 6.45) is 4.99. The Morgan fingerprint density at radius 1 is 1.14 bits per heavy atom. The van der Waals surface area contributed by atoms with E-state index in [2.05, 4.69) is 30.5 Å². The number of nitro groups is 1. The zero-order valence-electron chi connectivity index (χ0n) is 14.1. The van der Waals surface area contributed by atoms with E-state index in [1.807, 2.05) is 6.07 Å². The molecule has 0 saturated carbocycles. The molecule has 0 aliphatic carbocycles. The first-order valence-corrected chi connectivity index (χ1v) is 8.94. The number of rotatable bonds is 4. The van der Waals surface area contributed by atoms with E-state index in [1.54, 1.807) is 53.4 Å². The van der Waals surface area contributed by atoms with Crippen molar-refractivity contribution in [3.63, 3.8) is 0 Å². The van der Waals surface area contributed by atoms with Crippen molar-refractivity contribution in [1.82, 2.24) is 35.0 Å². The van der Waals surface area contributed by atoms with Gasteiger partial charge in [-0.2, -0.15) is 14.7 Å². The molecule has 10 nitrogen and oxygen atoms in total. The Balaban J connectivity index is 1.63. The molecule has 0 aliphatic rings. The number of nitrogens with zero attached hydrogens (tertiary/aromatic N) is 7. The van der Waals surface area contributed by atoms with Gasteiger partial charge in [0.2, 0.25) is 5.16 Å². The lowest BCUT2D eigenvalue weighted by Crippen LogP contribution is -1.97. The van der Waals surface area contributed by atoms with Crippen molar-refractivity contribution in [3.8, 4) is 11.3 Å². The maximum Gasteiger partial charge on any atom is 0.292 e. The largest absolute Gasteiger partial charge is 0.292 e. The Labute approximate surface area is 160 Å². The quantitative estimate of drug-likeness (QED) is 0.366. The number of aromatic nitrogens is 7. The van der Waals surface area contributed by atoms with Gasteiger partial charge in [-0.3, -0.25) is 20.2 Å². The second kappa shape index (κ2) is 6.39. The van der Waals surface area contributed by atoms with Gasteiger partial charge >= 0.3 is 0 Å². The van der Waals surface area contributed by atoms with E-state index in [9.17, 15) is 10.1 Å². The van der Waals surface area contributed by atoms with Gasteiger partial charge in [0, 0.05) is 18.0 Å². The molecule has 0 bridgehead atoms. The summed E-state index contributed by atoms with van der Waals surface area (Å²) in [5.74, 6) is 0. The molecule has 4 heterocycles. The Morgan fingerprint density at radius 2 is 2.07 bits per heavy atom. The van der Waals surface area contributed by atoms with E-state index in [1.165, 1.54) is 0 Å². The molecule has 0 atom stereocenters. The first kappa shape index (κ1) is 16.3. The first-order valence-electron chi connectivity index (χ1n) is 8.12. The van der Waals surface area contributed by atoms with Gasteiger partial charge in [-0.15, -0.1) is 10.2 Å². The minimum atomic E-state index is -0.403. The maximum atomic E-state index is 11.7. The van der Waals surface area contributed by atoms with Crippen molar-refractivity contribution in [3.05, 3.63) is 65.1 Å². The van der Waals surface area contributed by atoms with Crippen LogP contribution in [0.1, 0.15) is 0 Å². The number of nitrogens with one attached hydrogen (secondary N) is 1. The SMILES string of the molecule is O=[N+]([O-])c1c(Sc2nnc3ccc(-c4cn[nH]c4)nn23)ccc2ncccc12. The van der Waals surface area contributed by atoms with E-state index in [0.717, 1.165) is 17.3 Å². The molecule has 11 heteroatoms. The third-order valence-electron chi connectivity index (χ3n) is 4.13. The van der Waals surface area contributed by atoms with Gasteiger partial charge in [0.15, 0.2) is 5.65 Å². The smallest absolute Gasteiger partial charge is 0.285 e. The number of benzene rings is 1. The Kier molecular flexibility index (Phi) is 3.72. The molecule has 0 fully saturated rings. The van der Waals surface area contributed by atoms with Crippen LogP contribution in [0.3, 0.4) is 0 Å². The normalized spacial score (nSPS) is 11.3. The van der Waals surface area contributed by atoms with Crippen molar-refractivity contribution in [1.29, 1.82) is 0 Å². The van der Waals surface area contributed by atoms with Gasteiger partial charge in [0.1, 0.15) is 0 Å². The molecule has 4 aromatic heterocycles. The summed E-state index contributed by atoms with van der Waals surface area (Å²) in [6.45, 7) is 0. The number of fused-ring (bicyclic) bond motifs is 2. The summed E-state index contributed by atoms with van der Waals surface area (Å²) in [7, 11) is 0. The topological polar surface area (TPSA) is 128 Å². The molecule has 0 radical (unpaired) electrons. The summed E-state index contributed by atoms with van der Waals surface area (Å²) >= 11 is 1.13. The fourth-order valence-corrected chi connectivity index (χ4v) is 3.78. The highest BCUT2D eigenvalue weighted by Crippen LogP contribution is 2.38. The maximum absolute atomic E-state index is 11.7. The van der Waals surface area contributed by atoms with Crippen LogP contribution in [0.25, 0.3) is 27.8 Å². The molecule has 0 spiro atoms. The van der Waals surface area contributed by atoms with Crippen LogP contribution in [0.2, 0.25) is 0 Å². The molecule has 0 saturated heterocycles. The van der Waals surface area contributed by atoms with Gasteiger partial charge in [0.25, 0.3) is 5.69 Å². The minimum Gasteiger partial charge on any atom is -0.285 e. The number of nitro benzene ring substituents is 1. The molecular formula is C17H10N8O2S. The van der Waals surface area contributed by atoms with Gasteiger partial charge < -0.3 is 0 Å². The van der Waals surface area contributed by atoms with Crippen LogP contribution in [-0.2, 0) is 0 Å². The van der Waals surface area contributed by atoms with Gasteiger partial charge in [-0.1, -0.05) is 0 Å². The van der Waals surface area contributed by atoms with E-state index in [-0.39, 0.29) is 5.69 Å². The van der Waals surface area contributed by atoms with Crippen LogP contribution in [0.4, 0.5) is 5.69 Å². The van der Waals surface area contributed by atoms with Gasteiger partial charge in [-0.05, 0) is 48.2 Å². The number of H-pyrrole nitrogens is 1. The highest BCUT2D eigenvalue weighted by Gasteiger charge is 2.22. The standard InChI is InChI=1S/C17H10N8O2S/c26-25(27)16-11-2-1-7-18-13(11)3-5-14(16)28-17-22-21-15-6-4-12(23-24(15)17)10-8-19-20-9-10/h1-9H,(H,19,20). The van der Waals surface area contributed by atoms with Crippen LogP contribution in [0.5, 0.6) is 0 Å². The number of hydrogen-bond acceptors (Lipinski definition) is 8. The molecular weight excluding hydrogens is 380 g/mol. The molecule has 5 aromatic rings. The average molecular weight is 390 g/mol. The lowest BCUT2D eigenvalue weighted by molar-refractivity contribution is -0.385. The molecule has 28 heavy (non-hydrogen) atoms. The Hall–Kier alpha value is -3.86. The van der Waals surface area contributed by atoms with Crippen LogP contribution in [0.15, 0.2) is 65.0 Å².